The maximum atomic E-state index is 12.4. The highest BCUT2D eigenvalue weighted by Crippen LogP contribution is 2.36. The molecule has 2 N–H and O–H groups in total. The maximum Gasteiger partial charge on any atom is 0.306 e. The van der Waals surface area contributed by atoms with E-state index >= 15 is 0 Å². The molecule has 2 rings (SSSR count). The molecule has 0 aromatic rings. The Hall–Kier alpha value is -1.06. The third-order valence-electron chi connectivity index (χ3n) is 5.22. The molecule has 0 bridgehead atoms. The van der Waals surface area contributed by atoms with E-state index in [-0.39, 0.29) is 29.2 Å². The summed E-state index contributed by atoms with van der Waals surface area (Å²) in [5.74, 6) is -1.11. The maximum absolute atomic E-state index is 12.4. The van der Waals surface area contributed by atoms with Crippen LogP contribution in [0.5, 0.6) is 0 Å². The van der Waals surface area contributed by atoms with Crippen molar-refractivity contribution in [1.82, 2.24) is 5.32 Å². The highest BCUT2D eigenvalue weighted by molar-refractivity contribution is 5.80. The second kappa shape index (κ2) is 6.15. The van der Waals surface area contributed by atoms with Gasteiger partial charge in [0.15, 0.2) is 0 Å². The summed E-state index contributed by atoms with van der Waals surface area (Å²) in [5, 5.41) is 12.3. The Balaban J connectivity index is 1.92. The Morgan fingerprint density at radius 2 is 1.75 bits per heavy atom. The number of carboxylic acids is 1. The van der Waals surface area contributed by atoms with Crippen molar-refractivity contribution in [2.45, 2.75) is 71.3 Å². The fourth-order valence-electron chi connectivity index (χ4n) is 3.70. The van der Waals surface area contributed by atoms with Crippen LogP contribution in [0.15, 0.2) is 0 Å². The molecular formula is C16H27NO3. The van der Waals surface area contributed by atoms with Gasteiger partial charge in [0.2, 0.25) is 5.91 Å². The first-order chi connectivity index (χ1) is 9.40. The third kappa shape index (κ3) is 3.53. The van der Waals surface area contributed by atoms with Gasteiger partial charge in [-0.05, 0) is 37.5 Å². The van der Waals surface area contributed by atoms with Gasteiger partial charge in [-0.3, -0.25) is 9.59 Å². The molecule has 1 amide bonds. The summed E-state index contributed by atoms with van der Waals surface area (Å²) in [7, 11) is 0. The summed E-state index contributed by atoms with van der Waals surface area (Å²) in [6, 6.07) is 0.244. The lowest BCUT2D eigenvalue weighted by molar-refractivity contribution is -0.144. The number of hydrogen-bond donors (Lipinski definition) is 2. The molecule has 2 saturated carbocycles. The lowest BCUT2D eigenvalue weighted by Gasteiger charge is -2.40. The van der Waals surface area contributed by atoms with Gasteiger partial charge >= 0.3 is 5.97 Å². The minimum absolute atomic E-state index is 0.0796. The molecule has 20 heavy (non-hydrogen) atoms. The predicted octanol–water partition coefficient (Wildman–Crippen LogP) is 2.96. The second-order valence-electron chi connectivity index (χ2n) is 7.19. The number of hydrogen-bond acceptors (Lipinski definition) is 2. The summed E-state index contributed by atoms with van der Waals surface area (Å²) >= 11 is 0. The van der Waals surface area contributed by atoms with Crippen molar-refractivity contribution in [3.8, 4) is 0 Å². The van der Waals surface area contributed by atoms with Crippen molar-refractivity contribution < 1.29 is 14.7 Å². The zero-order valence-corrected chi connectivity index (χ0v) is 12.7. The molecule has 0 radical (unpaired) electrons. The van der Waals surface area contributed by atoms with E-state index in [1.165, 1.54) is 12.8 Å². The van der Waals surface area contributed by atoms with Crippen molar-refractivity contribution in [3.05, 3.63) is 0 Å². The summed E-state index contributed by atoms with van der Waals surface area (Å²) in [6.45, 7) is 4.44. The quantitative estimate of drug-likeness (QED) is 0.835. The molecule has 2 aliphatic carbocycles. The van der Waals surface area contributed by atoms with Crippen LogP contribution < -0.4 is 5.32 Å². The van der Waals surface area contributed by atoms with Crippen LogP contribution in [-0.2, 0) is 9.59 Å². The Morgan fingerprint density at radius 1 is 1.05 bits per heavy atom. The number of aliphatic carboxylic acids is 1. The number of nitrogens with one attached hydrogen (secondary N) is 1. The van der Waals surface area contributed by atoms with Gasteiger partial charge in [-0.1, -0.05) is 33.1 Å². The lowest BCUT2D eigenvalue weighted by atomic mass is 9.73. The van der Waals surface area contributed by atoms with Crippen LogP contribution in [0.1, 0.15) is 65.2 Å². The van der Waals surface area contributed by atoms with Crippen molar-refractivity contribution in [1.29, 1.82) is 0 Å². The second-order valence-corrected chi connectivity index (χ2v) is 7.19. The normalized spacial score (nSPS) is 33.4. The summed E-state index contributed by atoms with van der Waals surface area (Å²) in [5.41, 5.74) is 0.161. The third-order valence-corrected chi connectivity index (χ3v) is 5.22. The number of rotatable bonds is 3. The minimum atomic E-state index is -0.750. The lowest BCUT2D eigenvalue weighted by Crippen LogP contribution is -2.49. The van der Waals surface area contributed by atoms with E-state index in [4.69, 9.17) is 5.11 Å². The van der Waals surface area contributed by atoms with Crippen molar-refractivity contribution in [2.24, 2.45) is 17.3 Å². The first-order valence-corrected chi connectivity index (χ1v) is 7.93. The van der Waals surface area contributed by atoms with E-state index in [1.807, 2.05) is 0 Å². The molecule has 0 heterocycles. The molecular weight excluding hydrogens is 254 g/mol. The summed E-state index contributed by atoms with van der Waals surface area (Å²) in [6.07, 6.45) is 7.53. The molecule has 4 heteroatoms. The van der Waals surface area contributed by atoms with Gasteiger partial charge in [-0.15, -0.1) is 0 Å². The molecule has 2 aliphatic rings. The van der Waals surface area contributed by atoms with E-state index < -0.39 is 5.97 Å². The molecule has 0 aliphatic heterocycles. The van der Waals surface area contributed by atoms with Gasteiger partial charge in [0.25, 0.3) is 0 Å². The van der Waals surface area contributed by atoms with Crippen LogP contribution in [0.25, 0.3) is 0 Å². The number of carbonyl (C=O) groups excluding carboxylic acids is 1. The van der Waals surface area contributed by atoms with Gasteiger partial charge in [-0.2, -0.15) is 0 Å². The zero-order valence-electron chi connectivity index (χ0n) is 12.7. The smallest absolute Gasteiger partial charge is 0.306 e. The molecule has 3 atom stereocenters. The van der Waals surface area contributed by atoms with E-state index in [9.17, 15) is 9.59 Å². The highest BCUT2D eigenvalue weighted by atomic mass is 16.4. The van der Waals surface area contributed by atoms with Gasteiger partial charge in [0, 0.05) is 12.0 Å². The Bertz CT molecular complexity index is 378. The Labute approximate surface area is 121 Å². The van der Waals surface area contributed by atoms with Crippen molar-refractivity contribution in [2.75, 3.05) is 0 Å². The molecule has 0 aromatic carbocycles. The van der Waals surface area contributed by atoms with E-state index in [2.05, 4.69) is 19.2 Å². The van der Waals surface area contributed by atoms with E-state index in [1.54, 1.807) is 0 Å². The van der Waals surface area contributed by atoms with Gasteiger partial charge in [0.05, 0.1) is 5.92 Å². The molecule has 2 fully saturated rings. The van der Waals surface area contributed by atoms with E-state index in [0.717, 1.165) is 25.7 Å². The SMILES string of the molecule is CC1(C)CCCCC1NC(=O)C1CCCC(C(=O)O)C1. The number of carbonyl (C=O) groups is 2. The van der Waals surface area contributed by atoms with Crippen molar-refractivity contribution >= 4 is 11.9 Å². The monoisotopic (exact) mass is 281 g/mol. The first-order valence-electron chi connectivity index (χ1n) is 7.93. The van der Waals surface area contributed by atoms with Gasteiger partial charge < -0.3 is 10.4 Å². The fourth-order valence-corrected chi connectivity index (χ4v) is 3.70. The topological polar surface area (TPSA) is 66.4 Å². The minimum Gasteiger partial charge on any atom is -0.481 e. The molecule has 114 valence electrons. The van der Waals surface area contributed by atoms with Crippen molar-refractivity contribution in [3.63, 3.8) is 0 Å². The predicted molar refractivity (Wildman–Crippen MR) is 77.3 cm³/mol. The molecule has 0 spiro atoms. The molecule has 0 saturated heterocycles. The largest absolute Gasteiger partial charge is 0.481 e. The van der Waals surface area contributed by atoms with Crippen LogP contribution >= 0.6 is 0 Å². The van der Waals surface area contributed by atoms with E-state index in [0.29, 0.717) is 12.8 Å². The Morgan fingerprint density at radius 3 is 2.40 bits per heavy atom. The average Bonchev–Trinajstić information content (AvgIpc) is 2.41. The fraction of sp³-hybridized carbons (Fsp3) is 0.875. The summed E-state index contributed by atoms with van der Waals surface area (Å²) < 4.78 is 0. The summed E-state index contributed by atoms with van der Waals surface area (Å²) in [4.78, 5) is 23.5. The van der Waals surface area contributed by atoms with Gasteiger partial charge in [-0.25, -0.2) is 0 Å². The van der Waals surface area contributed by atoms with Gasteiger partial charge in [0.1, 0.15) is 0 Å². The number of carboxylic acid groups (broad SMARTS) is 1. The first kappa shape index (κ1) is 15.3. The van der Waals surface area contributed by atoms with Crippen LogP contribution in [0.3, 0.4) is 0 Å². The molecule has 3 unspecified atom stereocenters. The molecule has 0 aromatic heterocycles. The highest BCUT2D eigenvalue weighted by Gasteiger charge is 2.36. The number of amides is 1. The van der Waals surface area contributed by atoms with Crippen LogP contribution in [0.4, 0.5) is 0 Å². The van der Waals surface area contributed by atoms with Crippen LogP contribution in [0, 0.1) is 17.3 Å². The zero-order chi connectivity index (χ0) is 14.8. The average molecular weight is 281 g/mol. The molecule has 4 nitrogen and oxygen atoms in total. The Kier molecular flexibility index (Phi) is 4.71. The van der Waals surface area contributed by atoms with Crippen LogP contribution in [0.2, 0.25) is 0 Å². The standard InChI is InChI=1S/C16H27NO3/c1-16(2)9-4-3-8-13(16)17-14(18)11-6-5-7-12(10-11)15(19)20/h11-13H,3-10H2,1-2H3,(H,17,18)(H,19,20). The van der Waals surface area contributed by atoms with Crippen LogP contribution in [-0.4, -0.2) is 23.0 Å².